The second-order valence-corrected chi connectivity index (χ2v) is 4.77. The second-order valence-electron chi connectivity index (χ2n) is 4.38. The van der Waals surface area contributed by atoms with Crippen molar-refractivity contribution in [1.82, 2.24) is 19.7 Å². The van der Waals surface area contributed by atoms with Gasteiger partial charge in [0.25, 0.3) is 0 Å². The SMILES string of the molecule is CCCc1nc(Cl)cc(Nc2cn(C)nc2CC)n1. The monoisotopic (exact) mass is 279 g/mol. The minimum atomic E-state index is 0.461. The summed E-state index contributed by atoms with van der Waals surface area (Å²) in [5.41, 5.74) is 1.97. The maximum atomic E-state index is 6.02. The predicted molar refractivity (Wildman–Crippen MR) is 76.9 cm³/mol. The molecule has 0 amide bonds. The first-order chi connectivity index (χ1) is 9.12. The van der Waals surface area contributed by atoms with Crippen LogP contribution >= 0.6 is 11.6 Å². The van der Waals surface area contributed by atoms with Crippen LogP contribution < -0.4 is 5.32 Å². The number of halogens is 1. The first-order valence-electron chi connectivity index (χ1n) is 6.45. The molecule has 2 rings (SSSR count). The molecule has 0 spiro atoms. The number of rotatable bonds is 5. The molecule has 0 saturated heterocycles. The molecule has 0 aromatic carbocycles. The average Bonchev–Trinajstić information content (AvgIpc) is 2.69. The van der Waals surface area contributed by atoms with Crippen molar-refractivity contribution in [1.29, 1.82) is 0 Å². The molecular weight excluding hydrogens is 262 g/mol. The van der Waals surface area contributed by atoms with E-state index in [2.05, 4.69) is 34.2 Å². The van der Waals surface area contributed by atoms with Crippen molar-refractivity contribution in [3.63, 3.8) is 0 Å². The molecule has 0 saturated carbocycles. The molecule has 0 atom stereocenters. The van der Waals surface area contributed by atoms with E-state index in [0.717, 1.165) is 36.5 Å². The maximum Gasteiger partial charge on any atom is 0.135 e. The van der Waals surface area contributed by atoms with Crippen molar-refractivity contribution >= 4 is 23.1 Å². The van der Waals surface area contributed by atoms with Crippen LogP contribution in [0.4, 0.5) is 11.5 Å². The highest BCUT2D eigenvalue weighted by molar-refractivity contribution is 6.29. The summed E-state index contributed by atoms with van der Waals surface area (Å²) < 4.78 is 1.79. The number of hydrogen-bond acceptors (Lipinski definition) is 4. The van der Waals surface area contributed by atoms with Crippen LogP contribution in [-0.2, 0) is 19.9 Å². The molecule has 102 valence electrons. The Balaban J connectivity index is 2.26. The lowest BCUT2D eigenvalue weighted by Crippen LogP contribution is -2.01. The van der Waals surface area contributed by atoms with Gasteiger partial charge in [0.2, 0.25) is 0 Å². The largest absolute Gasteiger partial charge is 0.337 e. The molecule has 0 bridgehead atoms. The molecule has 6 heteroatoms. The minimum Gasteiger partial charge on any atom is -0.337 e. The highest BCUT2D eigenvalue weighted by Gasteiger charge is 2.08. The number of aromatic nitrogens is 4. The zero-order valence-corrected chi connectivity index (χ0v) is 12.2. The Morgan fingerprint density at radius 1 is 1.32 bits per heavy atom. The third kappa shape index (κ3) is 3.44. The van der Waals surface area contributed by atoms with Crippen molar-refractivity contribution in [2.75, 3.05) is 5.32 Å². The summed E-state index contributed by atoms with van der Waals surface area (Å²) in [6, 6.07) is 1.73. The number of anilines is 2. The molecule has 2 heterocycles. The normalized spacial score (nSPS) is 10.7. The quantitative estimate of drug-likeness (QED) is 0.855. The Morgan fingerprint density at radius 2 is 2.11 bits per heavy atom. The lowest BCUT2D eigenvalue weighted by Gasteiger charge is -2.07. The van der Waals surface area contributed by atoms with Gasteiger partial charge in [0.05, 0.1) is 11.4 Å². The molecule has 2 aromatic rings. The standard InChI is InChI=1S/C13H18ClN5/c1-4-6-12-16-11(14)7-13(17-12)15-10-8-19(3)18-9(10)5-2/h7-8H,4-6H2,1-3H3,(H,15,16,17). The highest BCUT2D eigenvalue weighted by atomic mass is 35.5. The van der Waals surface area contributed by atoms with Gasteiger partial charge in [-0.1, -0.05) is 25.4 Å². The van der Waals surface area contributed by atoms with Gasteiger partial charge in [-0.3, -0.25) is 4.68 Å². The van der Waals surface area contributed by atoms with E-state index in [9.17, 15) is 0 Å². The average molecular weight is 280 g/mol. The Bertz CT molecular complexity index is 564. The molecule has 0 radical (unpaired) electrons. The second kappa shape index (κ2) is 6.02. The molecular formula is C13H18ClN5. The summed E-state index contributed by atoms with van der Waals surface area (Å²) in [6.45, 7) is 4.16. The summed E-state index contributed by atoms with van der Waals surface area (Å²) in [4.78, 5) is 8.67. The Hall–Kier alpha value is -1.62. The molecule has 0 unspecified atom stereocenters. The Labute approximate surface area is 118 Å². The molecule has 0 fully saturated rings. The van der Waals surface area contributed by atoms with E-state index < -0.39 is 0 Å². The predicted octanol–water partition coefficient (Wildman–Crippen LogP) is 3.12. The molecule has 19 heavy (non-hydrogen) atoms. The fourth-order valence-electron chi connectivity index (χ4n) is 1.90. The van der Waals surface area contributed by atoms with Gasteiger partial charge in [-0.15, -0.1) is 0 Å². The van der Waals surface area contributed by atoms with Crippen molar-refractivity contribution in [3.8, 4) is 0 Å². The summed E-state index contributed by atoms with van der Waals surface area (Å²) in [7, 11) is 1.90. The zero-order chi connectivity index (χ0) is 13.8. The fourth-order valence-corrected chi connectivity index (χ4v) is 2.10. The van der Waals surface area contributed by atoms with Crippen LogP contribution in [0.25, 0.3) is 0 Å². The van der Waals surface area contributed by atoms with E-state index in [1.54, 1.807) is 10.7 Å². The minimum absolute atomic E-state index is 0.461. The Kier molecular flexibility index (Phi) is 4.37. The number of nitrogens with zero attached hydrogens (tertiary/aromatic N) is 4. The van der Waals surface area contributed by atoms with E-state index in [1.807, 2.05) is 13.2 Å². The van der Waals surface area contributed by atoms with Gasteiger partial charge in [0.1, 0.15) is 16.8 Å². The van der Waals surface area contributed by atoms with E-state index in [0.29, 0.717) is 11.0 Å². The van der Waals surface area contributed by atoms with Gasteiger partial charge in [-0.2, -0.15) is 5.10 Å². The van der Waals surface area contributed by atoms with E-state index in [4.69, 9.17) is 11.6 Å². The molecule has 1 N–H and O–H groups in total. The molecule has 5 nitrogen and oxygen atoms in total. The van der Waals surface area contributed by atoms with Gasteiger partial charge >= 0.3 is 0 Å². The van der Waals surface area contributed by atoms with Gasteiger partial charge < -0.3 is 5.32 Å². The maximum absolute atomic E-state index is 6.02. The molecule has 0 aliphatic carbocycles. The first kappa shape index (κ1) is 13.8. The number of aryl methyl sites for hydroxylation is 3. The van der Waals surface area contributed by atoms with Crippen LogP contribution in [0.2, 0.25) is 5.15 Å². The molecule has 0 aliphatic heterocycles. The zero-order valence-electron chi connectivity index (χ0n) is 11.4. The Morgan fingerprint density at radius 3 is 2.79 bits per heavy atom. The third-order valence-electron chi connectivity index (χ3n) is 2.72. The van der Waals surface area contributed by atoms with E-state index >= 15 is 0 Å². The van der Waals surface area contributed by atoms with Crippen LogP contribution in [0.5, 0.6) is 0 Å². The van der Waals surface area contributed by atoms with Gasteiger partial charge in [0.15, 0.2) is 0 Å². The van der Waals surface area contributed by atoms with Crippen LogP contribution in [0.3, 0.4) is 0 Å². The first-order valence-corrected chi connectivity index (χ1v) is 6.83. The number of hydrogen-bond donors (Lipinski definition) is 1. The summed E-state index contributed by atoms with van der Waals surface area (Å²) in [5, 5.41) is 8.11. The van der Waals surface area contributed by atoms with E-state index in [-0.39, 0.29) is 0 Å². The van der Waals surface area contributed by atoms with Crippen molar-refractivity contribution in [2.24, 2.45) is 7.05 Å². The topological polar surface area (TPSA) is 55.6 Å². The lowest BCUT2D eigenvalue weighted by molar-refractivity contribution is 0.746. The van der Waals surface area contributed by atoms with Crippen LogP contribution in [0.15, 0.2) is 12.3 Å². The smallest absolute Gasteiger partial charge is 0.135 e. The van der Waals surface area contributed by atoms with Gasteiger partial charge in [-0.05, 0) is 12.8 Å². The van der Waals surface area contributed by atoms with Crippen LogP contribution in [-0.4, -0.2) is 19.7 Å². The summed E-state index contributed by atoms with van der Waals surface area (Å²) >= 11 is 6.02. The van der Waals surface area contributed by atoms with Crippen molar-refractivity contribution in [2.45, 2.75) is 33.1 Å². The fraction of sp³-hybridized carbons (Fsp3) is 0.462. The third-order valence-corrected chi connectivity index (χ3v) is 2.91. The summed E-state index contributed by atoms with van der Waals surface area (Å²) in [6.07, 6.45) is 4.62. The van der Waals surface area contributed by atoms with Crippen molar-refractivity contribution < 1.29 is 0 Å². The molecule has 2 aromatic heterocycles. The van der Waals surface area contributed by atoms with Gasteiger partial charge in [-0.25, -0.2) is 9.97 Å². The number of nitrogens with one attached hydrogen (secondary N) is 1. The summed E-state index contributed by atoms with van der Waals surface area (Å²) in [5.74, 6) is 1.48. The van der Waals surface area contributed by atoms with E-state index in [1.165, 1.54) is 0 Å². The highest BCUT2D eigenvalue weighted by Crippen LogP contribution is 2.21. The lowest BCUT2D eigenvalue weighted by atomic mass is 10.3. The van der Waals surface area contributed by atoms with Gasteiger partial charge in [0, 0.05) is 25.7 Å². The molecule has 0 aliphatic rings. The van der Waals surface area contributed by atoms with Crippen molar-refractivity contribution in [3.05, 3.63) is 28.9 Å². The van der Waals surface area contributed by atoms with Crippen LogP contribution in [0, 0.1) is 0 Å². The van der Waals surface area contributed by atoms with Crippen LogP contribution in [0.1, 0.15) is 31.8 Å².